The molecule has 0 aliphatic carbocycles. The van der Waals surface area contributed by atoms with Gasteiger partial charge in [0.1, 0.15) is 5.82 Å². The highest BCUT2D eigenvalue weighted by molar-refractivity contribution is 5.79. The number of hydrogen-bond acceptors (Lipinski definition) is 3. The summed E-state index contributed by atoms with van der Waals surface area (Å²) in [6.07, 6.45) is -4.60. The summed E-state index contributed by atoms with van der Waals surface area (Å²) in [5.41, 5.74) is -0.997. The Balaban J connectivity index is 1.81. The third-order valence-electron chi connectivity index (χ3n) is 5.15. The topological polar surface area (TPSA) is 42.9 Å². The first-order valence-corrected chi connectivity index (χ1v) is 9.97. The Morgan fingerprint density at radius 3 is 2.38 bits per heavy atom. The fraction of sp³-hybridized carbons (Fsp3) is 0.650. The molecule has 0 spiro atoms. The number of aliphatic imine (C=N–C) groups is 1. The van der Waals surface area contributed by atoms with Crippen LogP contribution in [-0.4, -0.2) is 68.6 Å². The SMILES string of the molecule is CCN1CCN(CC(C)CNC(=NC)NCc2ccc(F)cc2C(F)(F)F)CC1. The maximum atomic E-state index is 13.2. The van der Waals surface area contributed by atoms with Crippen LogP contribution in [0, 0.1) is 11.7 Å². The summed E-state index contributed by atoms with van der Waals surface area (Å²) in [7, 11) is 1.57. The first-order valence-electron chi connectivity index (χ1n) is 9.97. The van der Waals surface area contributed by atoms with E-state index in [0.29, 0.717) is 24.5 Å². The molecule has 0 amide bonds. The average molecular weight is 417 g/mol. The predicted octanol–water partition coefficient (Wildman–Crippen LogP) is 2.78. The van der Waals surface area contributed by atoms with E-state index in [2.05, 4.69) is 39.3 Å². The Kier molecular flexibility index (Phi) is 8.70. The predicted molar refractivity (Wildman–Crippen MR) is 107 cm³/mol. The van der Waals surface area contributed by atoms with E-state index in [0.717, 1.165) is 51.4 Å². The molecule has 9 heteroatoms. The minimum Gasteiger partial charge on any atom is -0.356 e. The maximum absolute atomic E-state index is 13.2. The highest BCUT2D eigenvalue weighted by Crippen LogP contribution is 2.32. The van der Waals surface area contributed by atoms with E-state index in [1.807, 2.05) is 0 Å². The second kappa shape index (κ2) is 10.8. The van der Waals surface area contributed by atoms with Crippen LogP contribution in [0.4, 0.5) is 17.6 Å². The molecular formula is C20H31F4N5. The number of halogens is 4. The van der Waals surface area contributed by atoms with E-state index in [4.69, 9.17) is 0 Å². The van der Waals surface area contributed by atoms with Gasteiger partial charge in [-0.05, 0) is 30.2 Å². The maximum Gasteiger partial charge on any atom is 0.416 e. The quantitative estimate of drug-likeness (QED) is 0.407. The Hall–Kier alpha value is -1.87. The van der Waals surface area contributed by atoms with Crippen LogP contribution in [-0.2, 0) is 12.7 Å². The van der Waals surface area contributed by atoms with E-state index < -0.39 is 17.6 Å². The zero-order chi connectivity index (χ0) is 21.4. The first kappa shape index (κ1) is 23.4. The van der Waals surface area contributed by atoms with Crippen molar-refractivity contribution >= 4 is 5.96 Å². The Morgan fingerprint density at radius 2 is 1.79 bits per heavy atom. The number of nitrogens with one attached hydrogen (secondary N) is 2. The molecule has 1 unspecified atom stereocenters. The lowest BCUT2D eigenvalue weighted by atomic mass is 10.1. The van der Waals surface area contributed by atoms with Gasteiger partial charge in [-0.3, -0.25) is 4.99 Å². The van der Waals surface area contributed by atoms with E-state index in [1.54, 1.807) is 7.05 Å². The van der Waals surface area contributed by atoms with E-state index in [1.165, 1.54) is 0 Å². The van der Waals surface area contributed by atoms with Crippen molar-refractivity contribution in [3.8, 4) is 0 Å². The zero-order valence-electron chi connectivity index (χ0n) is 17.3. The Morgan fingerprint density at radius 1 is 1.14 bits per heavy atom. The molecule has 1 aliphatic rings. The van der Waals surface area contributed by atoms with Crippen molar-refractivity contribution < 1.29 is 17.6 Å². The molecule has 1 aromatic rings. The van der Waals surface area contributed by atoms with Crippen LogP contribution < -0.4 is 10.6 Å². The second-order valence-electron chi connectivity index (χ2n) is 7.45. The number of guanidine groups is 1. The van der Waals surface area contributed by atoms with Gasteiger partial charge in [-0.1, -0.05) is 19.9 Å². The van der Waals surface area contributed by atoms with Crippen molar-refractivity contribution in [2.24, 2.45) is 10.9 Å². The standard InChI is InChI=1S/C20H31F4N5/c1-4-28-7-9-29(10-8-28)14-15(2)12-26-19(25-3)27-13-16-5-6-17(21)11-18(16)20(22,23)24/h5-6,11,15H,4,7-10,12-14H2,1-3H3,(H2,25,26,27). The minimum atomic E-state index is -4.60. The third-order valence-corrected chi connectivity index (χ3v) is 5.15. The van der Waals surface area contributed by atoms with Gasteiger partial charge in [-0.25, -0.2) is 4.39 Å². The summed E-state index contributed by atoms with van der Waals surface area (Å²) >= 11 is 0. The lowest BCUT2D eigenvalue weighted by molar-refractivity contribution is -0.138. The highest BCUT2D eigenvalue weighted by atomic mass is 19.4. The summed E-state index contributed by atoms with van der Waals surface area (Å²) in [4.78, 5) is 8.93. The van der Waals surface area contributed by atoms with Crippen molar-refractivity contribution in [1.82, 2.24) is 20.4 Å². The van der Waals surface area contributed by atoms with Gasteiger partial charge in [0, 0.05) is 52.9 Å². The van der Waals surface area contributed by atoms with Crippen LogP contribution in [0.5, 0.6) is 0 Å². The molecule has 1 atom stereocenters. The first-order chi connectivity index (χ1) is 13.7. The lowest BCUT2D eigenvalue weighted by Gasteiger charge is -2.35. The summed E-state index contributed by atoms with van der Waals surface area (Å²) in [5, 5.41) is 6.05. The molecule has 29 heavy (non-hydrogen) atoms. The van der Waals surface area contributed by atoms with Gasteiger partial charge in [-0.2, -0.15) is 13.2 Å². The van der Waals surface area contributed by atoms with Crippen LogP contribution in [0.25, 0.3) is 0 Å². The van der Waals surface area contributed by atoms with Gasteiger partial charge in [0.15, 0.2) is 5.96 Å². The lowest BCUT2D eigenvalue weighted by Crippen LogP contribution is -2.48. The van der Waals surface area contributed by atoms with E-state index >= 15 is 0 Å². The number of likely N-dealkylation sites (N-methyl/N-ethyl adjacent to an activating group) is 1. The van der Waals surface area contributed by atoms with Crippen molar-refractivity contribution in [3.63, 3.8) is 0 Å². The average Bonchev–Trinajstić information content (AvgIpc) is 2.68. The van der Waals surface area contributed by atoms with Crippen molar-refractivity contribution in [1.29, 1.82) is 0 Å². The molecule has 1 heterocycles. The van der Waals surface area contributed by atoms with Crippen LogP contribution in [0.1, 0.15) is 25.0 Å². The highest BCUT2D eigenvalue weighted by Gasteiger charge is 2.33. The van der Waals surface area contributed by atoms with Crippen molar-refractivity contribution in [2.45, 2.75) is 26.6 Å². The second-order valence-corrected chi connectivity index (χ2v) is 7.45. The number of hydrogen-bond donors (Lipinski definition) is 2. The molecule has 1 fully saturated rings. The van der Waals surface area contributed by atoms with Crippen LogP contribution in [0.3, 0.4) is 0 Å². The Bertz CT molecular complexity index is 669. The minimum absolute atomic E-state index is 0.0244. The number of piperazine rings is 1. The molecule has 0 saturated carbocycles. The third kappa shape index (κ3) is 7.47. The summed E-state index contributed by atoms with van der Waals surface area (Å²) < 4.78 is 52.6. The van der Waals surface area contributed by atoms with Crippen LogP contribution in [0.2, 0.25) is 0 Å². The Labute approximate surface area is 170 Å². The van der Waals surface area contributed by atoms with Gasteiger partial charge in [0.25, 0.3) is 0 Å². The van der Waals surface area contributed by atoms with Gasteiger partial charge in [0.2, 0.25) is 0 Å². The molecule has 2 N–H and O–H groups in total. The molecule has 0 bridgehead atoms. The van der Waals surface area contributed by atoms with Crippen LogP contribution in [0.15, 0.2) is 23.2 Å². The summed E-state index contributed by atoms with van der Waals surface area (Å²) in [5.74, 6) is -0.124. The zero-order valence-corrected chi connectivity index (χ0v) is 17.3. The van der Waals surface area contributed by atoms with Crippen molar-refractivity contribution in [3.05, 3.63) is 35.1 Å². The monoisotopic (exact) mass is 417 g/mol. The smallest absolute Gasteiger partial charge is 0.356 e. The normalized spacial score (nSPS) is 18.0. The van der Waals surface area contributed by atoms with E-state index in [-0.39, 0.29) is 12.1 Å². The molecule has 1 aromatic carbocycles. The molecule has 164 valence electrons. The number of alkyl halides is 3. The fourth-order valence-corrected chi connectivity index (χ4v) is 3.43. The number of nitrogens with zero attached hydrogens (tertiary/aromatic N) is 3. The molecule has 1 aliphatic heterocycles. The molecule has 5 nitrogen and oxygen atoms in total. The van der Waals surface area contributed by atoms with Gasteiger partial charge >= 0.3 is 6.18 Å². The summed E-state index contributed by atoms with van der Waals surface area (Å²) in [6.45, 7) is 11.2. The largest absolute Gasteiger partial charge is 0.416 e. The number of rotatable bonds is 7. The fourth-order valence-electron chi connectivity index (χ4n) is 3.43. The molecule has 0 radical (unpaired) electrons. The van der Waals surface area contributed by atoms with E-state index in [9.17, 15) is 17.6 Å². The molecule has 0 aromatic heterocycles. The molecule has 1 saturated heterocycles. The number of benzene rings is 1. The summed E-state index contributed by atoms with van der Waals surface area (Å²) in [6, 6.07) is 2.70. The van der Waals surface area contributed by atoms with Gasteiger partial charge in [0.05, 0.1) is 5.56 Å². The molecule has 2 rings (SSSR count). The van der Waals surface area contributed by atoms with Gasteiger partial charge in [-0.15, -0.1) is 0 Å². The molecular weight excluding hydrogens is 386 g/mol. The van der Waals surface area contributed by atoms with Crippen molar-refractivity contribution in [2.75, 3.05) is 52.9 Å². The van der Waals surface area contributed by atoms with Crippen LogP contribution >= 0.6 is 0 Å². The van der Waals surface area contributed by atoms with Gasteiger partial charge < -0.3 is 20.4 Å².